The molecule has 0 saturated heterocycles. The van der Waals surface area contributed by atoms with Gasteiger partial charge in [0.25, 0.3) is 0 Å². The molecule has 0 nitrogen and oxygen atoms in total. The smallest absolute Gasteiger partial charge is 0.121 e. The van der Waals surface area contributed by atoms with Crippen molar-refractivity contribution in [3.05, 3.63) is 12.4 Å². The van der Waals surface area contributed by atoms with E-state index >= 15 is 0 Å². The van der Waals surface area contributed by atoms with Crippen LogP contribution in [0.15, 0.2) is 12.4 Å². The summed E-state index contributed by atoms with van der Waals surface area (Å²) in [4.78, 5) is 0. The molecule has 1 unspecified atom stereocenters. The number of halogens is 3. The third-order valence-corrected chi connectivity index (χ3v) is 0.895. The minimum atomic E-state index is -1.33. The Kier molecular flexibility index (Phi) is 5.37. The SMILES string of the molecule is FC=CC(F)CCCF. The number of allylic oxidation sites excluding steroid dienone is 1. The third-order valence-electron chi connectivity index (χ3n) is 0.895. The molecule has 3 heteroatoms. The lowest BCUT2D eigenvalue weighted by atomic mass is 10.2. The van der Waals surface area contributed by atoms with E-state index in [4.69, 9.17) is 0 Å². The third kappa shape index (κ3) is 5.40. The maximum Gasteiger partial charge on any atom is 0.121 e. The molecule has 0 aromatic rings. The van der Waals surface area contributed by atoms with E-state index < -0.39 is 12.8 Å². The van der Waals surface area contributed by atoms with Crippen LogP contribution >= 0.6 is 0 Å². The molecule has 0 aromatic carbocycles. The van der Waals surface area contributed by atoms with E-state index in [-0.39, 0.29) is 19.2 Å². The van der Waals surface area contributed by atoms with Crippen molar-refractivity contribution in [3.8, 4) is 0 Å². The summed E-state index contributed by atoms with van der Waals surface area (Å²) in [5.74, 6) is 0. The highest BCUT2D eigenvalue weighted by Crippen LogP contribution is 2.03. The van der Waals surface area contributed by atoms with Crippen molar-refractivity contribution in [2.75, 3.05) is 6.67 Å². The lowest BCUT2D eigenvalue weighted by Crippen LogP contribution is -1.94. The molecule has 0 aliphatic rings. The van der Waals surface area contributed by atoms with Crippen molar-refractivity contribution in [2.45, 2.75) is 19.0 Å². The number of hydrogen-bond donors (Lipinski definition) is 0. The predicted molar refractivity (Wildman–Crippen MR) is 30.4 cm³/mol. The fourth-order valence-corrected chi connectivity index (χ4v) is 0.447. The molecule has 0 heterocycles. The molecule has 0 bridgehead atoms. The maximum absolute atomic E-state index is 12.1. The van der Waals surface area contributed by atoms with Gasteiger partial charge in [0.15, 0.2) is 0 Å². The Bertz CT molecular complexity index is 80.4. The minimum Gasteiger partial charge on any atom is -0.251 e. The van der Waals surface area contributed by atoms with Crippen molar-refractivity contribution in [1.82, 2.24) is 0 Å². The Morgan fingerprint density at radius 1 is 1.44 bits per heavy atom. The van der Waals surface area contributed by atoms with Gasteiger partial charge in [0.2, 0.25) is 0 Å². The molecular weight excluding hydrogens is 129 g/mol. The molecule has 0 radical (unpaired) electrons. The lowest BCUT2D eigenvalue weighted by Gasteiger charge is -1.96. The van der Waals surface area contributed by atoms with Gasteiger partial charge >= 0.3 is 0 Å². The summed E-state index contributed by atoms with van der Waals surface area (Å²) < 4.78 is 34.6. The molecular formula is C6H9F3. The summed E-state index contributed by atoms with van der Waals surface area (Å²) in [5, 5.41) is 0. The van der Waals surface area contributed by atoms with Crippen LogP contribution in [0.4, 0.5) is 13.2 Å². The van der Waals surface area contributed by atoms with Crippen LogP contribution in [0.25, 0.3) is 0 Å². The molecule has 0 N–H and O–H groups in total. The Balaban J connectivity index is 3.15. The van der Waals surface area contributed by atoms with Crippen LogP contribution in [0.1, 0.15) is 12.8 Å². The van der Waals surface area contributed by atoms with Crippen LogP contribution in [0.2, 0.25) is 0 Å². The summed E-state index contributed by atoms with van der Waals surface area (Å²) in [6.07, 6.45) is -0.188. The summed E-state index contributed by atoms with van der Waals surface area (Å²) in [7, 11) is 0. The van der Waals surface area contributed by atoms with Gasteiger partial charge in [-0.25, -0.2) is 8.78 Å². The molecule has 9 heavy (non-hydrogen) atoms. The van der Waals surface area contributed by atoms with Gasteiger partial charge in [0, 0.05) is 0 Å². The van der Waals surface area contributed by atoms with E-state index in [1.807, 2.05) is 0 Å². The fraction of sp³-hybridized carbons (Fsp3) is 0.667. The summed E-state index contributed by atoms with van der Waals surface area (Å²) in [6.45, 7) is -0.541. The van der Waals surface area contributed by atoms with Crippen LogP contribution in [-0.4, -0.2) is 12.8 Å². The zero-order valence-corrected chi connectivity index (χ0v) is 4.99. The van der Waals surface area contributed by atoms with Crippen LogP contribution in [0.3, 0.4) is 0 Å². The van der Waals surface area contributed by atoms with Crippen LogP contribution in [0.5, 0.6) is 0 Å². The summed E-state index contributed by atoms with van der Waals surface area (Å²) in [6, 6.07) is 0. The first-order valence-electron chi connectivity index (χ1n) is 2.78. The second-order valence-corrected chi connectivity index (χ2v) is 1.67. The highest BCUT2D eigenvalue weighted by molar-refractivity contribution is 4.81. The predicted octanol–water partition coefficient (Wildman–Crippen LogP) is 2.56. The monoisotopic (exact) mass is 138 g/mol. The molecule has 0 amide bonds. The van der Waals surface area contributed by atoms with Gasteiger partial charge in [-0.05, 0) is 18.9 Å². The molecule has 0 fully saturated rings. The van der Waals surface area contributed by atoms with E-state index in [9.17, 15) is 13.2 Å². The Labute approximate surface area is 52.4 Å². The Hall–Kier alpha value is -0.470. The van der Waals surface area contributed by atoms with Gasteiger partial charge in [-0.15, -0.1) is 0 Å². The molecule has 0 aliphatic carbocycles. The van der Waals surface area contributed by atoms with Crippen LogP contribution in [-0.2, 0) is 0 Å². The molecule has 54 valence electrons. The van der Waals surface area contributed by atoms with Crippen LogP contribution in [0, 0.1) is 0 Å². The van der Waals surface area contributed by atoms with Crippen molar-refractivity contribution in [1.29, 1.82) is 0 Å². The van der Waals surface area contributed by atoms with Gasteiger partial charge in [-0.1, -0.05) is 0 Å². The van der Waals surface area contributed by atoms with Gasteiger partial charge in [-0.2, -0.15) is 0 Å². The Morgan fingerprint density at radius 2 is 2.11 bits per heavy atom. The van der Waals surface area contributed by atoms with E-state index in [1.54, 1.807) is 0 Å². The topological polar surface area (TPSA) is 0 Å². The average molecular weight is 138 g/mol. The zero-order chi connectivity index (χ0) is 7.11. The zero-order valence-electron chi connectivity index (χ0n) is 4.99. The van der Waals surface area contributed by atoms with Crippen LogP contribution < -0.4 is 0 Å². The first-order chi connectivity index (χ1) is 4.31. The van der Waals surface area contributed by atoms with E-state index in [1.165, 1.54) is 0 Å². The molecule has 0 saturated carbocycles. The molecule has 0 spiro atoms. The molecule has 0 rings (SSSR count). The van der Waals surface area contributed by atoms with Crippen molar-refractivity contribution in [3.63, 3.8) is 0 Å². The largest absolute Gasteiger partial charge is 0.251 e. The molecule has 1 atom stereocenters. The van der Waals surface area contributed by atoms with E-state index in [0.717, 1.165) is 6.08 Å². The standard InChI is InChI=1S/C6H9F3/c7-4-1-2-6(9)3-5-8/h3,5-6H,1-2,4H2. The normalized spacial score (nSPS) is 14.6. The number of alkyl halides is 2. The van der Waals surface area contributed by atoms with Crippen molar-refractivity contribution in [2.24, 2.45) is 0 Å². The fourth-order valence-electron chi connectivity index (χ4n) is 0.447. The molecule has 0 aromatic heterocycles. The maximum atomic E-state index is 12.1. The number of rotatable bonds is 4. The van der Waals surface area contributed by atoms with Gasteiger partial charge < -0.3 is 0 Å². The first-order valence-corrected chi connectivity index (χ1v) is 2.78. The van der Waals surface area contributed by atoms with Gasteiger partial charge in [0.1, 0.15) is 6.17 Å². The van der Waals surface area contributed by atoms with Crippen molar-refractivity contribution >= 4 is 0 Å². The average Bonchev–Trinajstić information content (AvgIpc) is 1.85. The van der Waals surface area contributed by atoms with Gasteiger partial charge in [0.05, 0.1) is 13.0 Å². The quantitative estimate of drug-likeness (QED) is 0.560. The summed E-state index contributed by atoms with van der Waals surface area (Å²) in [5.41, 5.74) is 0. The number of hydrogen-bond acceptors (Lipinski definition) is 0. The highest BCUT2D eigenvalue weighted by Gasteiger charge is 1.99. The van der Waals surface area contributed by atoms with Crippen molar-refractivity contribution < 1.29 is 13.2 Å². The minimum absolute atomic E-state index is 0.0664. The van der Waals surface area contributed by atoms with Gasteiger partial charge in [-0.3, -0.25) is 4.39 Å². The second-order valence-electron chi connectivity index (χ2n) is 1.67. The molecule has 0 aliphatic heterocycles. The van der Waals surface area contributed by atoms with E-state index in [2.05, 4.69) is 0 Å². The van der Waals surface area contributed by atoms with E-state index in [0.29, 0.717) is 0 Å². The highest BCUT2D eigenvalue weighted by atomic mass is 19.1. The lowest BCUT2D eigenvalue weighted by molar-refractivity contribution is 0.344. The second kappa shape index (κ2) is 5.66. The first kappa shape index (κ1) is 8.53. The summed E-state index contributed by atoms with van der Waals surface area (Å²) >= 11 is 0. The Morgan fingerprint density at radius 3 is 2.56 bits per heavy atom.